The Hall–Kier alpha value is -3.02. The van der Waals surface area contributed by atoms with Crippen molar-refractivity contribution in [1.29, 1.82) is 0 Å². The van der Waals surface area contributed by atoms with Gasteiger partial charge in [-0.25, -0.2) is 8.78 Å². The van der Waals surface area contributed by atoms with Crippen molar-refractivity contribution < 1.29 is 27.0 Å². The fourth-order valence-corrected chi connectivity index (χ4v) is 4.58. The van der Waals surface area contributed by atoms with Gasteiger partial charge in [-0.3, -0.25) is 0 Å². The van der Waals surface area contributed by atoms with Crippen LogP contribution in [0.5, 0.6) is 11.5 Å². The van der Waals surface area contributed by atoms with Gasteiger partial charge < -0.3 is 9.47 Å². The molecule has 0 saturated heterocycles. The standard InChI is InChI=1S/C28H28F4O2/c1-3-33-23-14-15-24(28(32)27(23)31)34-16-18-6-10-20(11-7-18)22-13-12-21(25(29)26(22)30)19-8-4-17(2)5-9-19/h4-5,8-9,12-15,18,20H,3,6-7,10-11,16H2,1-2H3. The van der Waals surface area contributed by atoms with Gasteiger partial charge in [0.25, 0.3) is 0 Å². The Morgan fingerprint density at radius 1 is 0.706 bits per heavy atom. The van der Waals surface area contributed by atoms with Crippen molar-refractivity contribution >= 4 is 0 Å². The maximum atomic E-state index is 15.0. The molecule has 0 heterocycles. The van der Waals surface area contributed by atoms with Gasteiger partial charge in [-0.2, -0.15) is 8.78 Å². The second kappa shape index (κ2) is 10.5. The van der Waals surface area contributed by atoms with Gasteiger partial charge in [0.15, 0.2) is 23.1 Å². The molecular formula is C28H28F4O2. The Kier molecular flexibility index (Phi) is 7.44. The van der Waals surface area contributed by atoms with E-state index in [1.54, 1.807) is 31.2 Å². The molecule has 1 saturated carbocycles. The van der Waals surface area contributed by atoms with Crippen LogP contribution in [0.15, 0.2) is 48.5 Å². The Labute approximate surface area is 197 Å². The summed E-state index contributed by atoms with van der Waals surface area (Å²) in [5, 5.41) is 0. The third kappa shape index (κ3) is 5.06. The molecule has 3 aromatic carbocycles. The molecular weight excluding hydrogens is 444 g/mol. The summed E-state index contributed by atoms with van der Waals surface area (Å²) < 4.78 is 68.7. The van der Waals surface area contributed by atoms with Crippen LogP contribution < -0.4 is 9.47 Å². The van der Waals surface area contributed by atoms with Crippen LogP contribution in [-0.2, 0) is 0 Å². The van der Waals surface area contributed by atoms with E-state index in [2.05, 4.69) is 0 Å². The number of hydrogen-bond donors (Lipinski definition) is 0. The van der Waals surface area contributed by atoms with Gasteiger partial charge in [0.2, 0.25) is 11.6 Å². The van der Waals surface area contributed by atoms with Crippen molar-refractivity contribution in [2.24, 2.45) is 5.92 Å². The monoisotopic (exact) mass is 472 g/mol. The molecule has 1 aliphatic carbocycles. The molecule has 34 heavy (non-hydrogen) atoms. The molecule has 4 rings (SSSR count). The highest BCUT2D eigenvalue weighted by Gasteiger charge is 2.27. The zero-order chi connectivity index (χ0) is 24.2. The van der Waals surface area contributed by atoms with Crippen molar-refractivity contribution in [3.8, 4) is 22.6 Å². The molecule has 180 valence electrons. The summed E-state index contributed by atoms with van der Waals surface area (Å²) >= 11 is 0. The van der Waals surface area contributed by atoms with Gasteiger partial charge in [0.05, 0.1) is 13.2 Å². The van der Waals surface area contributed by atoms with Gasteiger partial charge in [-0.15, -0.1) is 0 Å². The molecule has 0 aliphatic heterocycles. The smallest absolute Gasteiger partial charge is 0.204 e. The SMILES string of the molecule is CCOc1ccc(OCC2CCC(c3ccc(-c4ccc(C)cc4)c(F)c3F)CC2)c(F)c1F. The van der Waals surface area contributed by atoms with Crippen LogP contribution in [0.2, 0.25) is 0 Å². The highest BCUT2D eigenvalue weighted by atomic mass is 19.2. The van der Waals surface area contributed by atoms with E-state index in [4.69, 9.17) is 9.47 Å². The highest BCUT2D eigenvalue weighted by Crippen LogP contribution is 2.39. The van der Waals surface area contributed by atoms with Crippen LogP contribution in [0.4, 0.5) is 17.6 Å². The van der Waals surface area contributed by atoms with Crippen molar-refractivity contribution in [3.63, 3.8) is 0 Å². The normalized spacial score (nSPS) is 18.1. The summed E-state index contributed by atoms with van der Waals surface area (Å²) in [6.07, 6.45) is 2.81. The molecule has 6 heteroatoms. The highest BCUT2D eigenvalue weighted by molar-refractivity contribution is 5.65. The Bertz CT molecular complexity index is 1140. The molecule has 0 bridgehead atoms. The minimum Gasteiger partial charge on any atom is -0.491 e. The average molecular weight is 473 g/mol. The summed E-state index contributed by atoms with van der Waals surface area (Å²) in [7, 11) is 0. The lowest BCUT2D eigenvalue weighted by atomic mass is 9.78. The van der Waals surface area contributed by atoms with Gasteiger partial charge in [0.1, 0.15) is 0 Å². The third-order valence-electron chi connectivity index (χ3n) is 6.55. The molecule has 1 aliphatic rings. The zero-order valence-corrected chi connectivity index (χ0v) is 19.3. The third-order valence-corrected chi connectivity index (χ3v) is 6.55. The number of ether oxygens (including phenoxy) is 2. The number of benzene rings is 3. The van der Waals surface area contributed by atoms with Gasteiger partial charge in [0, 0.05) is 5.56 Å². The summed E-state index contributed by atoms with van der Waals surface area (Å²) in [5.74, 6) is -3.98. The average Bonchev–Trinajstić information content (AvgIpc) is 2.84. The minimum atomic E-state index is -1.06. The van der Waals surface area contributed by atoms with Crippen LogP contribution in [-0.4, -0.2) is 13.2 Å². The predicted molar refractivity (Wildman–Crippen MR) is 124 cm³/mol. The second-order valence-electron chi connectivity index (χ2n) is 8.85. The molecule has 0 aromatic heterocycles. The molecule has 0 amide bonds. The van der Waals surface area contributed by atoms with Crippen LogP contribution in [0.1, 0.15) is 49.7 Å². The lowest BCUT2D eigenvalue weighted by molar-refractivity contribution is 0.191. The largest absolute Gasteiger partial charge is 0.491 e. The molecule has 2 nitrogen and oxygen atoms in total. The summed E-state index contributed by atoms with van der Waals surface area (Å²) in [4.78, 5) is 0. The van der Waals surface area contributed by atoms with E-state index in [1.165, 1.54) is 12.1 Å². The van der Waals surface area contributed by atoms with Crippen LogP contribution in [0.25, 0.3) is 11.1 Å². The molecule has 0 radical (unpaired) electrons. The van der Waals surface area contributed by atoms with Crippen molar-refractivity contribution in [2.45, 2.75) is 45.4 Å². The van der Waals surface area contributed by atoms with Crippen molar-refractivity contribution in [1.82, 2.24) is 0 Å². The van der Waals surface area contributed by atoms with Gasteiger partial charge in [-0.05, 0) is 74.6 Å². The molecule has 1 fully saturated rings. The number of aryl methyl sites for hydroxylation is 1. The summed E-state index contributed by atoms with van der Waals surface area (Å²) in [6.45, 7) is 4.11. The summed E-state index contributed by atoms with van der Waals surface area (Å²) in [6, 6.07) is 13.4. The quantitative estimate of drug-likeness (QED) is 0.325. The fourth-order valence-electron chi connectivity index (χ4n) is 4.58. The molecule has 0 atom stereocenters. The Morgan fingerprint density at radius 2 is 1.32 bits per heavy atom. The summed E-state index contributed by atoms with van der Waals surface area (Å²) in [5.41, 5.74) is 2.35. The molecule has 3 aromatic rings. The lowest BCUT2D eigenvalue weighted by Crippen LogP contribution is -2.20. The molecule has 0 spiro atoms. The first-order chi connectivity index (χ1) is 16.4. The minimum absolute atomic E-state index is 0.0857. The Morgan fingerprint density at radius 3 is 1.94 bits per heavy atom. The maximum absolute atomic E-state index is 15.0. The number of rotatable bonds is 7. The van der Waals surface area contributed by atoms with E-state index in [9.17, 15) is 17.6 Å². The van der Waals surface area contributed by atoms with E-state index >= 15 is 0 Å². The van der Waals surface area contributed by atoms with E-state index < -0.39 is 23.3 Å². The van der Waals surface area contributed by atoms with E-state index in [0.29, 0.717) is 24.0 Å². The van der Waals surface area contributed by atoms with Crippen molar-refractivity contribution in [3.05, 3.63) is 82.9 Å². The predicted octanol–water partition coefficient (Wildman–Crippen LogP) is 7.97. The zero-order valence-electron chi connectivity index (χ0n) is 19.3. The first-order valence-corrected chi connectivity index (χ1v) is 11.7. The van der Waals surface area contributed by atoms with Crippen LogP contribution in [0.3, 0.4) is 0 Å². The molecule has 0 N–H and O–H groups in total. The topological polar surface area (TPSA) is 18.5 Å². The second-order valence-corrected chi connectivity index (χ2v) is 8.85. The van der Waals surface area contributed by atoms with E-state index in [-0.39, 0.29) is 42.1 Å². The van der Waals surface area contributed by atoms with E-state index in [1.807, 2.05) is 19.1 Å². The Balaban J connectivity index is 1.37. The first-order valence-electron chi connectivity index (χ1n) is 11.7. The van der Waals surface area contributed by atoms with Crippen LogP contribution >= 0.6 is 0 Å². The van der Waals surface area contributed by atoms with Crippen LogP contribution in [0, 0.1) is 36.1 Å². The van der Waals surface area contributed by atoms with Crippen molar-refractivity contribution in [2.75, 3.05) is 13.2 Å². The molecule has 0 unspecified atom stereocenters. The number of hydrogen-bond acceptors (Lipinski definition) is 2. The first kappa shape index (κ1) is 24.1. The fraction of sp³-hybridized carbons (Fsp3) is 0.357. The van der Waals surface area contributed by atoms with Gasteiger partial charge >= 0.3 is 0 Å². The van der Waals surface area contributed by atoms with Gasteiger partial charge in [-0.1, -0.05) is 42.0 Å². The van der Waals surface area contributed by atoms with E-state index in [0.717, 1.165) is 18.4 Å². The number of halogens is 4. The maximum Gasteiger partial charge on any atom is 0.204 e. The lowest BCUT2D eigenvalue weighted by Gasteiger charge is -2.29.